The van der Waals surface area contributed by atoms with Crippen LogP contribution in [-0.4, -0.2) is 40.1 Å². The normalized spacial score (nSPS) is 17.6. The molecule has 1 aliphatic rings. The summed E-state index contributed by atoms with van der Waals surface area (Å²) in [6, 6.07) is 0. The molecular formula is C6H2Na2O6+2. The second kappa shape index (κ2) is 6.02. The van der Waals surface area contributed by atoms with Gasteiger partial charge in [0.25, 0.3) is 17.3 Å². The second-order valence-corrected chi connectivity index (χ2v) is 2.12. The number of rotatable bonds is 0. The number of aliphatic hydroxyl groups excluding tert-OH is 1. The molecule has 0 aromatic rings. The van der Waals surface area contributed by atoms with Crippen LogP contribution < -0.4 is 59.1 Å². The first kappa shape index (κ1) is 16.7. The summed E-state index contributed by atoms with van der Waals surface area (Å²) in [5, 5.41) is 8.61. The van der Waals surface area contributed by atoms with E-state index in [0.717, 1.165) is 0 Å². The van der Waals surface area contributed by atoms with Gasteiger partial charge in [-0.15, -0.1) is 0 Å². The zero-order chi connectivity index (χ0) is 9.46. The Morgan fingerprint density at radius 3 is 1.29 bits per heavy atom. The molecule has 0 unspecified atom stereocenters. The number of aliphatic hydroxyl groups is 1. The van der Waals surface area contributed by atoms with Gasteiger partial charge in [0.1, 0.15) is 0 Å². The van der Waals surface area contributed by atoms with Crippen LogP contribution in [0.1, 0.15) is 0 Å². The van der Waals surface area contributed by atoms with E-state index < -0.39 is 35.0 Å². The van der Waals surface area contributed by atoms with Gasteiger partial charge in [-0.05, 0) is 0 Å². The minimum atomic E-state index is -2.29. The van der Waals surface area contributed by atoms with Gasteiger partial charge in [0, 0.05) is 0 Å². The molecule has 1 rings (SSSR count). The molecule has 8 heteroatoms. The van der Waals surface area contributed by atoms with E-state index in [-0.39, 0.29) is 59.1 Å². The maximum atomic E-state index is 10.5. The molecule has 0 aromatic carbocycles. The molecule has 62 valence electrons. The fraction of sp³-hybridized carbons (Fsp3) is 0.167. The molecule has 0 aromatic heterocycles. The quantitative estimate of drug-likeness (QED) is 0.245. The molecule has 0 radical (unpaired) electrons. The Labute approximate surface area is 122 Å². The summed E-state index contributed by atoms with van der Waals surface area (Å²) in [7, 11) is 0. The third kappa shape index (κ3) is 2.66. The molecule has 1 fully saturated rings. The zero-order valence-electron chi connectivity index (χ0n) is 7.57. The van der Waals surface area contributed by atoms with Crippen LogP contribution in [0.3, 0.4) is 0 Å². The Kier molecular flexibility index (Phi) is 7.19. The number of Topliss-reactive ketones (excluding diaryl/α,β-unsaturated/α-hetero) is 5. The van der Waals surface area contributed by atoms with Crippen LogP contribution in [0.5, 0.6) is 0 Å². The summed E-state index contributed by atoms with van der Waals surface area (Å²) >= 11 is 0. The molecule has 6 nitrogen and oxygen atoms in total. The van der Waals surface area contributed by atoms with E-state index in [0.29, 0.717) is 0 Å². The molecule has 0 bridgehead atoms. The minimum absolute atomic E-state index is 0. The Bertz CT molecular complexity index is 303. The number of ketones is 5. The van der Waals surface area contributed by atoms with Gasteiger partial charge in [-0.3, -0.25) is 24.0 Å². The van der Waals surface area contributed by atoms with Gasteiger partial charge >= 0.3 is 59.1 Å². The fourth-order valence-corrected chi connectivity index (χ4v) is 0.694. The molecule has 0 heterocycles. The van der Waals surface area contributed by atoms with Gasteiger partial charge in [0.05, 0.1) is 0 Å². The number of carbonyl (C=O) groups is 5. The van der Waals surface area contributed by atoms with E-state index in [1.165, 1.54) is 0 Å². The first-order chi connectivity index (χ1) is 5.46. The summed E-state index contributed by atoms with van der Waals surface area (Å²) < 4.78 is 0. The predicted octanol–water partition coefficient (Wildman–Crippen LogP) is -8.79. The van der Waals surface area contributed by atoms with Gasteiger partial charge in [-0.25, -0.2) is 0 Å². The topological polar surface area (TPSA) is 106 Å². The van der Waals surface area contributed by atoms with Crippen molar-refractivity contribution in [2.45, 2.75) is 6.10 Å². The van der Waals surface area contributed by atoms with Crippen LogP contribution in [0.25, 0.3) is 0 Å². The van der Waals surface area contributed by atoms with Gasteiger partial charge in [-0.2, -0.15) is 0 Å². The van der Waals surface area contributed by atoms with Crippen LogP contribution in [0.2, 0.25) is 0 Å². The third-order valence-electron chi connectivity index (χ3n) is 1.36. The first-order valence-corrected chi connectivity index (χ1v) is 2.86. The summed E-state index contributed by atoms with van der Waals surface area (Å²) in [5.74, 6) is -8.01. The van der Waals surface area contributed by atoms with E-state index in [1.807, 2.05) is 0 Å². The molecule has 0 amide bonds. The fourth-order valence-electron chi connectivity index (χ4n) is 0.694. The molecule has 0 aliphatic heterocycles. The third-order valence-corrected chi connectivity index (χ3v) is 1.36. The van der Waals surface area contributed by atoms with Gasteiger partial charge in [-0.1, -0.05) is 0 Å². The Balaban J connectivity index is 0. The van der Waals surface area contributed by atoms with Crippen LogP contribution in [-0.2, 0) is 24.0 Å². The van der Waals surface area contributed by atoms with E-state index in [2.05, 4.69) is 0 Å². The molecular weight excluding hydrogens is 214 g/mol. The van der Waals surface area contributed by atoms with E-state index in [1.54, 1.807) is 0 Å². The largest absolute Gasteiger partial charge is 1.00 e. The summed E-state index contributed by atoms with van der Waals surface area (Å²) in [6.45, 7) is 0. The molecule has 1 saturated carbocycles. The Morgan fingerprint density at radius 1 is 0.714 bits per heavy atom. The maximum absolute atomic E-state index is 10.5. The van der Waals surface area contributed by atoms with E-state index in [9.17, 15) is 24.0 Å². The second-order valence-electron chi connectivity index (χ2n) is 2.12. The van der Waals surface area contributed by atoms with Crippen LogP contribution in [0.4, 0.5) is 0 Å². The predicted molar refractivity (Wildman–Crippen MR) is 31.0 cm³/mol. The molecule has 0 spiro atoms. The Morgan fingerprint density at radius 2 is 1.00 bits per heavy atom. The molecule has 14 heavy (non-hydrogen) atoms. The van der Waals surface area contributed by atoms with Crippen molar-refractivity contribution in [3.05, 3.63) is 0 Å². The minimum Gasteiger partial charge on any atom is -0.377 e. The molecule has 1 N–H and O–H groups in total. The number of carbonyl (C=O) groups excluding carboxylic acids is 5. The van der Waals surface area contributed by atoms with Crippen molar-refractivity contribution >= 4 is 28.9 Å². The maximum Gasteiger partial charge on any atom is 1.00 e. The summed E-state index contributed by atoms with van der Waals surface area (Å²) in [5.41, 5.74) is 0. The number of hydrogen-bond donors (Lipinski definition) is 1. The standard InChI is InChI=1S/C6H2O6.2Na/c7-1-2(8)4(10)6(12)5(11)3(1)9;;/h1,7H;;/q;2*+1. The van der Waals surface area contributed by atoms with Crippen LogP contribution >= 0.6 is 0 Å². The Hall–Kier alpha value is 0.310. The van der Waals surface area contributed by atoms with E-state index in [4.69, 9.17) is 5.11 Å². The van der Waals surface area contributed by atoms with Gasteiger partial charge in [0.2, 0.25) is 11.6 Å². The molecule has 0 atom stereocenters. The average Bonchev–Trinajstić information content (AvgIpc) is 2.08. The monoisotopic (exact) mass is 216 g/mol. The zero-order valence-corrected chi connectivity index (χ0v) is 11.6. The van der Waals surface area contributed by atoms with Gasteiger partial charge in [0.15, 0.2) is 6.10 Å². The first-order valence-electron chi connectivity index (χ1n) is 2.86. The van der Waals surface area contributed by atoms with Crippen molar-refractivity contribution in [3.63, 3.8) is 0 Å². The SMILES string of the molecule is O=C1C(=O)C(=O)C(O)C(=O)C1=O.[Na+].[Na+]. The number of hydrogen-bond acceptors (Lipinski definition) is 6. The smallest absolute Gasteiger partial charge is 0.377 e. The summed E-state index contributed by atoms with van der Waals surface area (Å²) in [6.07, 6.45) is -2.29. The average molecular weight is 216 g/mol. The van der Waals surface area contributed by atoms with Crippen molar-refractivity contribution in [2.24, 2.45) is 0 Å². The molecule has 0 saturated heterocycles. The van der Waals surface area contributed by atoms with Gasteiger partial charge < -0.3 is 5.11 Å². The van der Waals surface area contributed by atoms with Crippen molar-refractivity contribution in [1.82, 2.24) is 0 Å². The van der Waals surface area contributed by atoms with Crippen molar-refractivity contribution in [1.29, 1.82) is 0 Å². The van der Waals surface area contributed by atoms with Crippen LogP contribution in [0.15, 0.2) is 0 Å². The summed E-state index contributed by atoms with van der Waals surface area (Å²) in [4.78, 5) is 52.4. The van der Waals surface area contributed by atoms with Crippen molar-refractivity contribution in [2.75, 3.05) is 0 Å². The van der Waals surface area contributed by atoms with E-state index >= 15 is 0 Å². The van der Waals surface area contributed by atoms with Crippen molar-refractivity contribution < 1.29 is 88.2 Å². The molecule has 1 aliphatic carbocycles. The van der Waals surface area contributed by atoms with Crippen molar-refractivity contribution in [3.8, 4) is 0 Å². The van der Waals surface area contributed by atoms with Crippen LogP contribution in [0, 0.1) is 0 Å².